The number of benzene rings is 1. The number of halogens is 3. The molecule has 1 heterocycles. The van der Waals surface area contributed by atoms with Crippen LogP contribution < -0.4 is 5.32 Å². The number of nitrogens with one attached hydrogen (secondary N) is 1. The predicted molar refractivity (Wildman–Crippen MR) is 106 cm³/mol. The molecule has 0 aliphatic heterocycles. The summed E-state index contributed by atoms with van der Waals surface area (Å²) in [5.41, 5.74) is 0.767. The highest BCUT2D eigenvalue weighted by atomic mass is 35.5. The van der Waals surface area contributed by atoms with Crippen LogP contribution in [0.25, 0.3) is 0 Å². The Balaban J connectivity index is 0.00000338. The summed E-state index contributed by atoms with van der Waals surface area (Å²) < 4.78 is 4.79. The molecule has 2 rings (SSSR count). The van der Waals surface area contributed by atoms with Gasteiger partial charge in [-0.05, 0) is 31.3 Å². The summed E-state index contributed by atoms with van der Waals surface area (Å²) in [6, 6.07) is 5.05. The zero-order chi connectivity index (χ0) is 18.4. The third-order valence-corrected chi connectivity index (χ3v) is 4.47. The number of hydrogen-bond donors (Lipinski definition) is 1. The van der Waals surface area contributed by atoms with Crippen LogP contribution in [0.3, 0.4) is 0 Å². The Hall–Kier alpha value is -1.54. The van der Waals surface area contributed by atoms with Crippen LogP contribution in [0.5, 0.6) is 0 Å². The van der Waals surface area contributed by atoms with E-state index in [2.05, 4.69) is 34.3 Å². The second-order valence-corrected chi connectivity index (χ2v) is 6.08. The van der Waals surface area contributed by atoms with E-state index in [1.807, 2.05) is 0 Å². The largest absolute Gasteiger partial charge is 0.464 e. The number of likely N-dealkylation sites (N-methyl/N-ethyl adjacent to an activating group) is 1. The fraction of sp³-hybridized carbons (Fsp3) is 0.438. The van der Waals surface area contributed by atoms with Crippen molar-refractivity contribution < 1.29 is 9.53 Å². The highest BCUT2D eigenvalue weighted by Crippen LogP contribution is 2.27. The molecular formula is C16H22Cl3N5O2. The monoisotopic (exact) mass is 421 g/mol. The molecule has 0 saturated heterocycles. The molecular weight excluding hydrogens is 401 g/mol. The number of nitrogens with zero attached hydrogens (tertiary/aromatic N) is 4. The van der Waals surface area contributed by atoms with E-state index in [1.54, 1.807) is 18.2 Å². The molecule has 0 fully saturated rings. The molecule has 1 N–H and O–H groups in total. The number of carbonyl (C=O) groups is 1. The number of ether oxygens (including phenoxy) is 1. The lowest BCUT2D eigenvalue weighted by atomic mass is 10.3. The van der Waals surface area contributed by atoms with Gasteiger partial charge in [-0.15, -0.1) is 22.6 Å². The van der Waals surface area contributed by atoms with Crippen molar-refractivity contribution in [3.63, 3.8) is 0 Å². The van der Waals surface area contributed by atoms with Gasteiger partial charge in [-0.3, -0.25) is 0 Å². The van der Waals surface area contributed by atoms with Gasteiger partial charge >= 0.3 is 5.97 Å². The summed E-state index contributed by atoms with van der Waals surface area (Å²) in [5, 5.41) is 12.5. The number of anilines is 2. The van der Waals surface area contributed by atoms with Gasteiger partial charge in [0.15, 0.2) is 5.82 Å². The van der Waals surface area contributed by atoms with E-state index >= 15 is 0 Å². The van der Waals surface area contributed by atoms with Crippen LogP contribution in [-0.4, -0.2) is 52.6 Å². The lowest BCUT2D eigenvalue weighted by Crippen LogP contribution is -2.27. The predicted octanol–water partition coefficient (Wildman–Crippen LogP) is 3.88. The van der Waals surface area contributed by atoms with Crippen molar-refractivity contribution in [3.05, 3.63) is 33.9 Å². The van der Waals surface area contributed by atoms with Crippen molar-refractivity contribution in [2.45, 2.75) is 20.4 Å². The highest BCUT2D eigenvalue weighted by molar-refractivity contribution is 6.42. The van der Waals surface area contributed by atoms with Crippen LogP contribution in [0.2, 0.25) is 10.0 Å². The molecule has 144 valence electrons. The average molecular weight is 423 g/mol. The Labute approximate surface area is 169 Å². The first-order chi connectivity index (χ1) is 12.0. The number of aromatic nitrogens is 3. The summed E-state index contributed by atoms with van der Waals surface area (Å²) >= 11 is 11.9. The molecule has 1 aromatic carbocycles. The van der Waals surface area contributed by atoms with E-state index < -0.39 is 5.97 Å². The third-order valence-electron chi connectivity index (χ3n) is 3.73. The lowest BCUT2D eigenvalue weighted by molar-refractivity contribution is 0.0594. The molecule has 26 heavy (non-hydrogen) atoms. The van der Waals surface area contributed by atoms with Crippen molar-refractivity contribution in [2.75, 3.05) is 32.1 Å². The summed E-state index contributed by atoms with van der Waals surface area (Å²) in [6.45, 7) is 7.42. The second-order valence-electron chi connectivity index (χ2n) is 5.27. The fourth-order valence-corrected chi connectivity index (χ4v) is 2.55. The van der Waals surface area contributed by atoms with Crippen LogP contribution in [0.1, 0.15) is 24.3 Å². The van der Waals surface area contributed by atoms with Crippen molar-refractivity contribution >= 4 is 53.1 Å². The van der Waals surface area contributed by atoms with Crippen molar-refractivity contribution in [1.29, 1.82) is 0 Å². The highest BCUT2D eigenvalue weighted by Gasteiger charge is 2.20. The first-order valence-corrected chi connectivity index (χ1v) is 8.71. The third kappa shape index (κ3) is 5.74. The van der Waals surface area contributed by atoms with E-state index in [9.17, 15) is 4.79 Å². The van der Waals surface area contributed by atoms with Crippen LogP contribution in [0, 0.1) is 0 Å². The first-order valence-electron chi connectivity index (χ1n) is 7.96. The topological polar surface area (TPSA) is 72.3 Å². The molecule has 10 heteroatoms. The Morgan fingerprint density at radius 2 is 1.92 bits per heavy atom. The maximum absolute atomic E-state index is 12.0. The summed E-state index contributed by atoms with van der Waals surface area (Å²) in [7, 11) is 1.31. The van der Waals surface area contributed by atoms with Crippen LogP contribution in [0.15, 0.2) is 18.2 Å². The molecule has 7 nitrogen and oxygen atoms in total. The van der Waals surface area contributed by atoms with E-state index in [4.69, 9.17) is 27.9 Å². The molecule has 0 atom stereocenters. The number of esters is 1. The molecule has 1 aromatic heterocycles. The summed E-state index contributed by atoms with van der Waals surface area (Å²) in [5.74, 6) is -0.249. The smallest absolute Gasteiger partial charge is 0.362 e. The van der Waals surface area contributed by atoms with Crippen molar-refractivity contribution in [1.82, 2.24) is 19.9 Å². The number of hydrogen-bond acceptors (Lipinski definition) is 6. The minimum Gasteiger partial charge on any atom is -0.464 e. The zero-order valence-electron chi connectivity index (χ0n) is 14.8. The quantitative estimate of drug-likeness (QED) is 0.651. The average Bonchev–Trinajstić information content (AvgIpc) is 3.01. The Bertz CT molecular complexity index is 735. The standard InChI is InChI=1S/C16H21Cl2N5O2.ClH/c1-4-22(5-2)8-9-23-20-14(16(24)25-3)15(21-23)19-11-6-7-12(17)13(18)10-11;/h6-7,10H,4-5,8-9H2,1-3H3,(H,19,21);1H. The van der Waals surface area contributed by atoms with E-state index in [0.29, 0.717) is 28.1 Å². The van der Waals surface area contributed by atoms with Gasteiger partial charge < -0.3 is 15.0 Å². The summed E-state index contributed by atoms with van der Waals surface area (Å²) in [6.07, 6.45) is 0. The van der Waals surface area contributed by atoms with E-state index in [0.717, 1.165) is 19.6 Å². The molecule has 2 aromatic rings. The van der Waals surface area contributed by atoms with Gasteiger partial charge in [-0.1, -0.05) is 37.0 Å². The molecule has 0 aliphatic rings. The van der Waals surface area contributed by atoms with Gasteiger partial charge in [0.05, 0.1) is 23.7 Å². The molecule has 0 unspecified atom stereocenters. The number of rotatable bonds is 8. The first kappa shape index (κ1) is 22.5. The SMILES string of the molecule is CCN(CC)CCn1nc(Nc2ccc(Cl)c(Cl)c2)c(C(=O)OC)n1.Cl. The Kier molecular flexibility index (Phi) is 9.15. The fourth-order valence-electron chi connectivity index (χ4n) is 2.25. The molecule has 0 saturated carbocycles. The second kappa shape index (κ2) is 10.6. The van der Waals surface area contributed by atoms with Gasteiger partial charge in [-0.2, -0.15) is 4.80 Å². The lowest BCUT2D eigenvalue weighted by Gasteiger charge is -2.16. The minimum absolute atomic E-state index is 0. The Morgan fingerprint density at radius 3 is 2.50 bits per heavy atom. The molecule has 0 amide bonds. The van der Waals surface area contributed by atoms with Crippen molar-refractivity contribution in [3.8, 4) is 0 Å². The van der Waals surface area contributed by atoms with Gasteiger partial charge in [0.2, 0.25) is 5.69 Å². The molecule has 0 spiro atoms. The normalized spacial score (nSPS) is 10.5. The molecule has 0 bridgehead atoms. The van der Waals surface area contributed by atoms with Crippen LogP contribution in [0.4, 0.5) is 11.5 Å². The zero-order valence-corrected chi connectivity index (χ0v) is 17.2. The minimum atomic E-state index is -0.559. The molecule has 0 radical (unpaired) electrons. The summed E-state index contributed by atoms with van der Waals surface area (Å²) in [4.78, 5) is 15.7. The number of carbonyl (C=O) groups excluding carboxylic acids is 1. The van der Waals surface area contributed by atoms with Gasteiger partial charge in [-0.25, -0.2) is 4.79 Å². The van der Waals surface area contributed by atoms with E-state index in [-0.39, 0.29) is 18.1 Å². The van der Waals surface area contributed by atoms with E-state index in [1.165, 1.54) is 11.9 Å². The van der Waals surface area contributed by atoms with Crippen LogP contribution >= 0.6 is 35.6 Å². The van der Waals surface area contributed by atoms with Gasteiger partial charge in [0.1, 0.15) is 0 Å². The van der Waals surface area contributed by atoms with Gasteiger partial charge in [0.25, 0.3) is 0 Å². The Morgan fingerprint density at radius 1 is 1.23 bits per heavy atom. The van der Waals surface area contributed by atoms with Gasteiger partial charge in [0, 0.05) is 12.2 Å². The molecule has 0 aliphatic carbocycles. The van der Waals surface area contributed by atoms with Crippen molar-refractivity contribution in [2.24, 2.45) is 0 Å². The maximum atomic E-state index is 12.0. The van der Waals surface area contributed by atoms with Crippen LogP contribution in [-0.2, 0) is 11.3 Å². The number of methoxy groups -OCH3 is 1. The maximum Gasteiger partial charge on any atom is 0.362 e.